The van der Waals surface area contributed by atoms with E-state index in [1.54, 1.807) is 18.3 Å². The second-order valence-electron chi connectivity index (χ2n) is 4.42. The number of fused-ring (bicyclic) bond motifs is 1. The number of halogens is 1. The number of nitrogens with one attached hydrogen (secondary N) is 1. The summed E-state index contributed by atoms with van der Waals surface area (Å²) >= 11 is 0. The molecule has 0 atom stereocenters. The number of aromatic amines is 1. The van der Waals surface area contributed by atoms with Gasteiger partial charge in [-0.15, -0.1) is 0 Å². The van der Waals surface area contributed by atoms with E-state index in [-0.39, 0.29) is 5.82 Å². The van der Waals surface area contributed by atoms with Crippen molar-refractivity contribution in [2.45, 2.75) is 6.42 Å². The predicted octanol–water partition coefficient (Wildman–Crippen LogP) is 2.87. The highest BCUT2D eigenvalue weighted by atomic mass is 19.1. The van der Waals surface area contributed by atoms with Crippen LogP contribution >= 0.6 is 0 Å². The number of aromatic nitrogens is 2. The minimum absolute atomic E-state index is 0.239. The van der Waals surface area contributed by atoms with E-state index in [4.69, 9.17) is 5.73 Å². The van der Waals surface area contributed by atoms with E-state index < -0.39 is 0 Å². The quantitative estimate of drug-likeness (QED) is 0.756. The Balaban J connectivity index is 2.26. The summed E-state index contributed by atoms with van der Waals surface area (Å²) in [6.45, 7) is 0.517. The van der Waals surface area contributed by atoms with Crippen molar-refractivity contribution >= 4 is 10.9 Å². The topological polar surface area (TPSA) is 54.7 Å². The molecule has 19 heavy (non-hydrogen) atoms. The van der Waals surface area contributed by atoms with Gasteiger partial charge in [0.05, 0.1) is 11.4 Å². The van der Waals surface area contributed by atoms with E-state index in [2.05, 4.69) is 9.97 Å². The average Bonchev–Trinajstić information content (AvgIpc) is 2.79. The van der Waals surface area contributed by atoms with Gasteiger partial charge in [-0.3, -0.25) is 4.98 Å². The summed E-state index contributed by atoms with van der Waals surface area (Å²) in [5.74, 6) is -0.239. The summed E-state index contributed by atoms with van der Waals surface area (Å²) in [4.78, 5) is 7.65. The Morgan fingerprint density at radius 2 is 2.11 bits per heavy atom. The largest absolute Gasteiger partial charge is 0.353 e. The van der Waals surface area contributed by atoms with Crippen molar-refractivity contribution in [2.24, 2.45) is 5.73 Å². The van der Waals surface area contributed by atoms with E-state index in [0.717, 1.165) is 27.9 Å². The summed E-state index contributed by atoms with van der Waals surface area (Å²) in [7, 11) is 0. The smallest absolute Gasteiger partial charge is 0.123 e. The number of nitrogens with zero attached hydrogens (tertiary/aromatic N) is 1. The van der Waals surface area contributed by atoms with E-state index >= 15 is 0 Å². The molecule has 2 heterocycles. The van der Waals surface area contributed by atoms with Crippen LogP contribution in [0.4, 0.5) is 4.39 Å². The number of hydrogen-bond donors (Lipinski definition) is 2. The molecule has 0 aliphatic rings. The molecule has 3 rings (SSSR count). The zero-order chi connectivity index (χ0) is 13.2. The zero-order valence-corrected chi connectivity index (χ0v) is 10.4. The van der Waals surface area contributed by atoms with E-state index in [1.165, 1.54) is 6.07 Å². The number of hydrogen-bond acceptors (Lipinski definition) is 2. The highest BCUT2D eigenvalue weighted by Gasteiger charge is 2.13. The summed E-state index contributed by atoms with van der Waals surface area (Å²) < 4.78 is 13.4. The van der Waals surface area contributed by atoms with Crippen molar-refractivity contribution in [3.05, 3.63) is 54.0 Å². The highest BCUT2D eigenvalue weighted by Crippen LogP contribution is 2.29. The molecular formula is C15H14FN3. The minimum atomic E-state index is -0.239. The summed E-state index contributed by atoms with van der Waals surface area (Å²) in [6.07, 6.45) is 2.43. The molecule has 0 amide bonds. The van der Waals surface area contributed by atoms with Gasteiger partial charge in [-0.1, -0.05) is 6.07 Å². The Labute approximate surface area is 110 Å². The first-order valence-corrected chi connectivity index (χ1v) is 6.21. The SMILES string of the molecule is NCCc1c(-c2ccccn2)[nH]c2ccc(F)cc12. The number of pyridine rings is 1. The fourth-order valence-electron chi connectivity index (χ4n) is 2.35. The van der Waals surface area contributed by atoms with Gasteiger partial charge in [0.1, 0.15) is 5.82 Å². The molecule has 0 unspecified atom stereocenters. The van der Waals surface area contributed by atoms with Gasteiger partial charge in [0.25, 0.3) is 0 Å². The monoisotopic (exact) mass is 255 g/mol. The van der Waals surface area contributed by atoms with Crippen LogP contribution in [0.1, 0.15) is 5.56 Å². The van der Waals surface area contributed by atoms with Crippen molar-refractivity contribution in [3.63, 3.8) is 0 Å². The molecule has 3 N–H and O–H groups in total. The molecule has 4 heteroatoms. The van der Waals surface area contributed by atoms with Crippen molar-refractivity contribution in [1.29, 1.82) is 0 Å². The molecule has 96 valence electrons. The maximum Gasteiger partial charge on any atom is 0.123 e. The molecular weight excluding hydrogens is 241 g/mol. The lowest BCUT2D eigenvalue weighted by atomic mass is 10.1. The van der Waals surface area contributed by atoms with Crippen molar-refractivity contribution in [3.8, 4) is 11.4 Å². The number of rotatable bonds is 3. The Kier molecular flexibility index (Phi) is 3.01. The average molecular weight is 255 g/mol. The molecule has 0 saturated heterocycles. The third kappa shape index (κ3) is 2.11. The van der Waals surface area contributed by atoms with Gasteiger partial charge in [0.15, 0.2) is 0 Å². The van der Waals surface area contributed by atoms with Crippen LogP contribution in [0.5, 0.6) is 0 Å². The maximum atomic E-state index is 13.4. The van der Waals surface area contributed by atoms with Gasteiger partial charge in [-0.25, -0.2) is 4.39 Å². The zero-order valence-electron chi connectivity index (χ0n) is 10.4. The molecule has 0 aliphatic heterocycles. The lowest BCUT2D eigenvalue weighted by Crippen LogP contribution is -2.03. The van der Waals surface area contributed by atoms with Crippen LogP contribution in [0.2, 0.25) is 0 Å². The van der Waals surface area contributed by atoms with Crippen molar-refractivity contribution in [2.75, 3.05) is 6.54 Å². The van der Waals surface area contributed by atoms with Gasteiger partial charge < -0.3 is 10.7 Å². The van der Waals surface area contributed by atoms with Crippen LogP contribution in [-0.2, 0) is 6.42 Å². The summed E-state index contributed by atoms with van der Waals surface area (Å²) in [5, 5.41) is 0.881. The van der Waals surface area contributed by atoms with Gasteiger partial charge in [-0.05, 0) is 48.9 Å². The molecule has 0 spiro atoms. The lowest BCUT2D eigenvalue weighted by Gasteiger charge is -2.02. The summed E-state index contributed by atoms with van der Waals surface area (Å²) in [5.41, 5.74) is 9.37. The fraction of sp³-hybridized carbons (Fsp3) is 0.133. The molecule has 2 aromatic heterocycles. The van der Waals surface area contributed by atoms with Crippen molar-refractivity contribution < 1.29 is 4.39 Å². The molecule has 0 bridgehead atoms. The Bertz CT molecular complexity index is 704. The standard InChI is InChI=1S/C15H14FN3/c16-10-4-5-13-12(9-10)11(6-7-17)15(19-13)14-3-1-2-8-18-14/h1-5,8-9,19H,6-7,17H2. The second-order valence-corrected chi connectivity index (χ2v) is 4.42. The Morgan fingerprint density at radius 1 is 1.21 bits per heavy atom. The van der Waals surface area contributed by atoms with Crippen LogP contribution < -0.4 is 5.73 Å². The molecule has 1 aromatic carbocycles. The van der Waals surface area contributed by atoms with Gasteiger partial charge in [0, 0.05) is 17.1 Å². The fourth-order valence-corrected chi connectivity index (χ4v) is 2.35. The second kappa shape index (κ2) is 4.82. The van der Waals surface area contributed by atoms with Crippen LogP contribution in [0.3, 0.4) is 0 Å². The maximum absolute atomic E-state index is 13.4. The van der Waals surface area contributed by atoms with Crippen molar-refractivity contribution in [1.82, 2.24) is 9.97 Å². The van der Waals surface area contributed by atoms with E-state index in [1.807, 2.05) is 18.2 Å². The Morgan fingerprint density at radius 3 is 2.84 bits per heavy atom. The summed E-state index contributed by atoms with van der Waals surface area (Å²) in [6, 6.07) is 10.5. The Hall–Kier alpha value is -2.20. The first kappa shape index (κ1) is 11.9. The van der Waals surface area contributed by atoms with E-state index in [9.17, 15) is 4.39 Å². The minimum Gasteiger partial charge on any atom is -0.353 e. The lowest BCUT2D eigenvalue weighted by molar-refractivity contribution is 0.629. The molecule has 0 aliphatic carbocycles. The van der Waals surface area contributed by atoms with Crippen LogP contribution in [0, 0.1) is 5.82 Å². The predicted molar refractivity (Wildman–Crippen MR) is 74.2 cm³/mol. The number of benzene rings is 1. The first-order chi connectivity index (χ1) is 9.29. The van der Waals surface area contributed by atoms with E-state index in [0.29, 0.717) is 13.0 Å². The molecule has 3 nitrogen and oxygen atoms in total. The third-order valence-corrected chi connectivity index (χ3v) is 3.18. The normalized spacial score (nSPS) is 11.1. The van der Waals surface area contributed by atoms with Gasteiger partial charge in [-0.2, -0.15) is 0 Å². The van der Waals surface area contributed by atoms with Crippen LogP contribution in [0.15, 0.2) is 42.6 Å². The third-order valence-electron chi connectivity index (χ3n) is 3.18. The van der Waals surface area contributed by atoms with Crippen LogP contribution in [0.25, 0.3) is 22.3 Å². The molecule has 0 radical (unpaired) electrons. The molecule has 3 aromatic rings. The molecule has 0 fully saturated rings. The number of nitrogens with two attached hydrogens (primary N) is 1. The van der Waals surface area contributed by atoms with Gasteiger partial charge in [0.2, 0.25) is 0 Å². The molecule has 0 saturated carbocycles. The van der Waals surface area contributed by atoms with Crippen LogP contribution in [-0.4, -0.2) is 16.5 Å². The highest BCUT2D eigenvalue weighted by molar-refractivity contribution is 5.90. The first-order valence-electron chi connectivity index (χ1n) is 6.21. The van der Waals surface area contributed by atoms with Gasteiger partial charge >= 0.3 is 0 Å². The number of H-pyrrole nitrogens is 1.